The maximum Gasteiger partial charge on any atom is 0.0972 e. The summed E-state index contributed by atoms with van der Waals surface area (Å²) in [5, 5.41) is 29.3. The summed E-state index contributed by atoms with van der Waals surface area (Å²) in [5.41, 5.74) is 33.5. The fraction of sp³-hybridized carbons (Fsp3) is 0.0145. The Kier molecular flexibility index (Phi) is 20.0. The third-order valence-corrected chi connectivity index (χ3v) is 29.8. The minimum absolute atomic E-state index is 0.919. The van der Waals surface area contributed by atoms with E-state index >= 15 is 0 Å². The Morgan fingerprint density at radius 3 is 0.889 bits per heavy atom. The third-order valence-electron chi connectivity index (χ3n) is 29.8. The van der Waals surface area contributed by atoms with Crippen molar-refractivity contribution in [3.8, 4) is 112 Å². The highest BCUT2D eigenvalue weighted by atomic mass is 14.8. The maximum atomic E-state index is 5.31. The third kappa shape index (κ3) is 14.3. The minimum Gasteiger partial charge on any atom is -0.245 e. The van der Waals surface area contributed by atoms with Crippen LogP contribution >= 0.6 is 0 Å². The topological polar surface area (TPSA) is 77.3 Å². The normalized spacial score (nSPS) is 12.3. The molecule has 668 valence electrons. The Labute approximate surface area is 830 Å². The zero-order chi connectivity index (χ0) is 94.8. The number of rotatable bonds is 10. The largest absolute Gasteiger partial charge is 0.245 e. The second kappa shape index (κ2) is 34.6. The highest BCUT2D eigenvalue weighted by molar-refractivity contribution is 6.27. The molecule has 0 unspecified atom stereocenters. The summed E-state index contributed by atoms with van der Waals surface area (Å²) in [4.78, 5) is 31.3. The molecule has 0 saturated carbocycles. The van der Waals surface area contributed by atoms with Crippen molar-refractivity contribution in [2.45, 2.75) is 12.8 Å². The van der Waals surface area contributed by atoms with Crippen LogP contribution in [0.25, 0.3) is 286 Å². The molecule has 0 spiro atoms. The smallest absolute Gasteiger partial charge is 0.0972 e. The van der Waals surface area contributed by atoms with Gasteiger partial charge in [0.1, 0.15) is 0 Å². The van der Waals surface area contributed by atoms with Crippen LogP contribution in [0.2, 0.25) is 0 Å². The summed E-state index contributed by atoms with van der Waals surface area (Å²) in [6, 6.07) is 172. The van der Waals surface area contributed by atoms with E-state index in [1.165, 1.54) is 164 Å². The van der Waals surface area contributed by atoms with Crippen LogP contribution < -0.4 is 0 Å². The predicted molar refractivity (Wildman–Crippen MR) is 608 cm³/mol. The van der Waals surface area contributed by atoms with Gasteiger partial charge in [0, 0.05) is 65.7 Å². The average molecular weight is 1830 g/mol. The van der Waals surface area contributed by atoms with Crippen LogP contribution in [0.4, 0.5) is 0 Å². The van der Waals surface area contributed by atoms with Gasteiger partial charge in [0.25, 0.3) is 0 Å². The van der Waals surface area contributed by atoms with E-state index in [2.05, 4.69) is 479 Å². The van der Waals surface area contributed by atoms with Gasteiger partial charge in [-0.3, -0.25) is 0 Å². The molecule has 28 aromatic rings. The Hall–Kier alpha value is -18.9. The summed E-state index contributed by atoms with van der Waals surface area (Å²) in [6.45, 7) is 0. The van der Waals surface area contributed by atoms with E-state index in [4.69, 9.17) is 29.9 Å². The van der Waals surface area contributed by atoms with Crippen molar-refractivity contribution in [1.29, 1.82) is 0 Å². The predicted octanol–water partition coefficient (Wildman–Crippen LogP) is 36.8. The van der Waals surface area contributed by atoms with E-state index in [-0.39, 0.29) is 0 Å². The molecule has 0 radical (unpaired) electrons. The zero-order valence-electron chi connectivity index (χ0n) is 78.4. The van der Waals surface area contributed by atoms with E-state index in [1.54, 1.807) is 0 Å². The molecule has 6 nitrogen and oxygen atoms in total. The Morgan fingerprint density at radius 1 is 0.160 bits per heavy atom. The lowest BCUT2D eigenvalue weighted by atomic mass is 9.78. The lowest BCUT2D eigenvalue weighted by molar-refractivity contribution is 1.23. The van der Waals surface area contributed by atoms with Gasteiger partial charge in [-0.25, -0.2) is 29.9 Å². The summed E-state index contributed by atoms with van der Waals surface area (Å²) >= 11 is 0. The fourth-order valence-corrected chi connectivity index (χ4v) is 22.9. The zero-order valence-corrected chi connectivity index (χ0v) is 78.4. The Bertz CT molecular complexity index is 10200. The van der Waals surface area contributed by atoms with Crippen molar-refractivity contribution in [2.75, 3.05) is 0 Å². The quantitative estimate of drug-likeness (QED) is 0.100. The number of hydrogen-bond donors (Lipinski definition) is 0. The van der Waals surface area contributed by atoms with E-state index < -0.39 is 0 Å². The highest BCUT2D eigenvalue weighted by Gasteiger charge is 2.26. The molecule has 0 saturated heterocycles. The van der Waals surface area contributed by atoms with Crippen LogP contribution in [0.5, 0.6) is 0 Å². The minimum atomic E-state index is 0.919. The van der Waals surface area contributed by atoms with Gasteiger partial charge in [-0.2, -0.15) is 0 Å². The van der Waals surface area contributed by atoms with E-state index in [0.717, 1.165) is 146 Å². The first kappa shape index (κ1) is 83.3. The molecule has 0 aliphatic heterocycles. The Morgan fingerprint density at radius 2 is 0.458 bits per heavy atom. The van der Waals surface area contributed by atoms with Crippen molar-refractivity contribution < 1.29 is 0 Å². The first-order chi connectivity index (χ1) is 71.4. The van der Waals surface area contributed by atoms with Crippen molar-refractivity contribution in [3.63, 3.8) is 0 Å². The number of pyridine rings is 6. The average Bonchev–Trinajstić information content (AvgIpc) is 0.731. The molecular weight excluding hydrogens is 1740 g/mol. The SMILES string of the molecule is C1=Cc2ccc3ccc(-c4ccc(-c5ccc6ccc7ccc(-c8ccccc8)nc7c6n5)c5ccccc45)c4c3c2C(=CC4)C1.c1ccc(-c2ccc3ccc4ccc(-c5ccc(-c6ccc(-c7c8ccccc8cc8ccccc78)cc6)c6ccccc56)nc4c3n2)cc1.c1ccc(-c2ccc3ccc4ccc(-c5ccc(-c6ccc7c8ccccc8c8ccccc8c7c6)c6ccccc56)nc4c3n2)cc1. The van der Waals surface area contributed by atoms with Crippen molar-refractivity contribution in [1.82, 2.24) is 29.9 Å². The molecule has 6 heterocycles. The number of aromatic nitrogens is 6. The van der Waals surface area contributed by atoms with Gasteiger partial charge in [0.15, 0.2) is 0 Å². The summed E-state index contributed by atoms with van der Waals surface area (Å²) < 4.78 is 0. The molecular formula is C138H86N6. The van der Waals surface area contributed by atoms with Crippen LogP contribution in [0.15, 0.2) is 491 Å². The first-order valence-electron chi connectivity index (χ1n) is 49.5. The van der Waals surface area contributed by atoms with Crippen LogP contribution in [0, 0.1) is 0 Å². The molecule has 0 amide bonds. The molecule has 0 N–H and O–H groups in total. The van der Waals surface area contributed by atoms with Gasteiger partial charge >= 0.3 is 0 Å². The number of nitrogens with zero attached hydrogens (tertiary/aromatic N) is 6. The molecule has 30 rings (SSSR count). The van der Waals surface area contributed by atoms with Crippen LogP contribution in [0.3, 0.4) is 0 Å². The lowest BCUT2D eigenvalue weighted by Crippen LogP contribution is -2.04. The van der Waals surface area contributed by atoms with E-state index in [1.807, 2.05) is 18.2 Å². The molecule has 6 aromatic heterocycles. The highest BCUT2D eigenvalue weighted by Crippen LogP contribution is 2.49. The molecule has 0 bridgehead atoms. The summed E-state index contributed by atoms with van der Waals surface area (Å²) in [5.74, 6) is 0. The van der Waals surface area contributed by atoms with Crippen LogP contribution in [-0.2, 0) is 6.42 Å². The maximum absolute atomic E-state index is 5.31. The second-order valence-electron chi connectivity index (χ2n) is 37.9. The van der Waals surface area contributed by atoms with Gasteiger partial charge in [0.2, 0.25) is 0 Å². The first-order valence-corrected chi connectivity index (χ1v) is 49.5. The molecule has 6 heteroatoms. The molecule has 0 fully saturated rings. The summed E-state index contributed by atoms with van der Waals surface area (Å²) in [7, 11) is 0. The molecule has 2 aliphatic rings. The molecule has 22 aromatic carbocycles. The second-order valence-corrected chi connectivity index (χ2v) is 37.9. The van der Waals surface area contributed by atoms with Crippen LogP contribution in [-0.4, -0.2) is 29.9 Å². The van der Waals surface area contributed by atoms with Crippen LogP contribution in [0.1, 0.15) is 23.1 Å². The van der Waals surface area contributed by atoms with Gasteiger partial charge in [-0.1, -0.05) is 449 Å². The lowest BCUT2D eigenvalue weighted by Gasteiger charge is -2.25. The van der Waals surface area contributed by atoms with Gasteiger partial charge in [0.05, 0.1) is 67.3 Å². The van der Waals surface area contributed by atoms with E-state index in [9.17, 15) is 0 Å². The monoisotopic (exact) mass is 1830 g/mol. The molecule has 0 atom stereocenters. The molecule has 2 aliphatic carbocycles. The van der Waals surface area contributed by atoms with Crippen molar-refractivity contribution >= 4 is 174 Å². The molecule has 144 heavy (non-hydrogen) atoms. The van der Waals surface area contributed by atoms with Crippen molar-refractivity contribution in [2.24, 2.45) is 0 Å². The number of allylic oxidation sites excluding steroid dienone is 3. The van der Waals surface area contributed by atoms with Crippen molar-refractivity contribution in [3.05, 3.63) is 508 Å². The van der Waals surface area contributed by atoms with E-state index in [0.29, 0.717) is 0 Å². The van der Waals surface area contributed by atoms with Gasteiger partial charge in [-0.05, 0) is 225 Å². The standard InChI is InChI=1S/C48H30N2.C46H28N2.C44H28N2/c1-2-10-32(11-3-1)44-28-24-34-22-23-35-25-29-45(50-48(35)47(34)49-44)43-27-26-38(41-16-8-9-17-42(41)43)31-18-20-33(21-19-31)46-39-14-6-4-12-36(39)30-37-13-5-7-15-40(37)46;1-2-10-29(11-3-1)43-26-21-30-18-19-31-22-27-44(48-46(31)45(30)47-43)41-25-24-33(34-12-4-8-16-38(34)41)32-20-23-40-37-15-6-5-13-35(37)36-14-7-9-17-39(36)42(40)28-32;1-2-7-27(8-3-1)39-25-19-31-15-16-32-20-26-40(46-44(32)43(31)45-39)37-24-23-35(33-11-4-5-12-34(33)37)36-21-17-30-14-13-28-9-6-10-29-18-22-38(36)42(30)41(28)29/h1-30H;1-28H;1-9,11-21,23-26H,10,22H2. The van der Waals surface area contributed by atoms with Gasteiger partial charge in [-0.15, -0.1) is 0 Å². The Balaban J connectivity index is 0.000000105. The van der Waals surface area contributed by atoms with Gasteiger partial charge < -0.3 is 0 Å². The summed E-state index contributed by atoms with van der Waals surface area (Å²) in [6.07, 6.45) is 9.01. The number of benzene rings is 22. The number of fused-ring (bicyclic) bond motifs is 20. The number of hydrogen-bond acceptors (Lipinski definition) is 6. The fourth-order valence-electron chi connectivity index (χ4n) is 22.9.